The molecule has 0 saturated carbocycles. The van der Waals surface area contributed by atoms with Crippen molar-refractivity contribution in [2.45, 2.75) is 58.5 Å². The Morgan fingerprint density at radius 3 is 2.40 bits per heavy atom. The standard InChI is InChI=1S/C18H30N2/c1-17(2,3)16-9-7-15(8-10-16)13-20-12-6-11-19-14-18(20,4)5/h7-10,19H,6,11-14H2,1-5H3. The zero-order chi connectivity index (χ0) is 14.8. The molecule has 0 bridgehead atoms. The van der Waals surface area contributed by atoms with Crippen molar-refractivity contribution < 1.29 is 0 Å². The predicted octanol–water partition coefficient (Wildman–Crippen LogP) is 3.56. The molecule has 0 spiro atoms. The van der Waals surface area contributed by atoms with Crippen LogP contribution in [0.4, 0.5) is 0 Å². The van der Waals surface area contributed by atoms with Gasteiger partial charge in [-0.05, 0) is 43.4 Å². The van der Waals surface area contributed by atoms with Gasteiger partial charge in [0.15, 0.2) is 0 Å². The van der Waals surface area contributed by atoms with E-state index in [2.05, 4.69) is 69.1 Å². The third-order valence-electron chi connectivity index (χ3n) is 4.39. The Labute approximate surface area is 124 Å². The molecule has 2 nitrogen and oxygen atoms in total. The fourth-order valence-electron chi connectivity index (χ4n) is 2.83. The van der Waals surface area contributed by atoms with Crippen LogP contribution in [-0.4, -0.2) is 30.1 Å². The van der Waals surface area contributed by atoms with Gasteiger partial charge in [0, 0.05) is 25.2 Å². The first-order chi connectivity index (χ1) is 9.29. The first-order valence-electron chi connectivity index (χ1n) is 7.84. The lowest BCUT2D eigenvalue weighted by molar-refractivity contribution is 0.125. The maximum atomic E-state index is 3.54. The average molecular weight is 274 g/mol. The van der Waals surface area contributed by atoms with Crippen molar-refractivity contribution in [3.63, 3.8) is 0 Å². The summed E-state index contributed by atoms with van der Waals surface area (Å²) in [6.45, 7) is 15.9. The molecule has 0 atom stereocenters. The van der Waals surface area contributed by atoms with E-state index in [9.17, 15) is 0 Å². The normalized spacial score (nSPS) is 20.6. The van der Waals surface area contributed by atoms with E-state index in [0.717, 1.165) is 19.6 Å². The van der Waals surface area contributed by atoms with Gasteiger partial charge in [-0.15, -0.1) is 0 Å². The number of hydrogen-bond donors (Lipinski definition) is 1. The monoisotopic (exact) mass is 274 g/mol. The lowest BCUT2D eigenvalue weighted by Gasteiger charge is -2.37. The fourth-order valence-corrected chi connectivity index (χ4v) is 2.83. The second-order valence-corrected chi connectivity index (χ2v) is 7.71. The van der Waals surface area contributed by atoms with Gasteiger partial charge >= 0.3 is 0 Å². The summed E-state index contributed by atoms with van der Waals surface area (Å²) in [7, 11) is 0. The largest absolute Gasteiger partial charge is 0.315 e. The highest BCUT2D eigenvalue weighted by molar-refractivity contribution is 5.27. The summed E-state index contributed by atoms with van der Waals surface area (Å²) in [5, 5.41) is 3.54. The molecule has 0 aliphatic carbocycles. The van der Waals surface area contributed by atoms with E-state index in [1.807, 2.05) is 0 Å². The first kappa shape index (κ1) is 15.5. The zero-order valence-electron chi connectivity index (χ0n) is 13.8. The molecule has 0 radical (unpaired) electrons. The minimum absolute atomic E-state index is 0.235. The number of rotatable bonds is 2. The minimum atomic E-state index is 0.235. The Bertz CT molecular complexity index is 426. The van der Waals surface area contributed by atoms with E-state index >= 15 is 0 Å². The van der Waals surface area contributed by atoms with Gasteiger partial charge in [0.2, 0.25) is 0 Å². The van der Waals surface area contributed by atoms with E-state index in [4.69, 9.17) is 0 Å². The van der Waals surface area contributed by atoms with Crippen molar-refractivity contribution in [2.24, 2.45) is 0 Å². The topological polar surface area (TPSA) is 15.3 Å². The molecule has 1 aromatic carbocycles. The van der Waals surface area contributed by atoms with Gasteiger partial charge in [0.25, 0.3) is 0 Å². The van der Waals surface area contributed by atoms with Crippen LogP contribution in [0.25, 0.3) is 0 Å². The van der Waals surface area contributed by atoms with Crippen LogP contribution in [0.2, 0.25) is 0 Å². The molecule has 20 heavy (non-hydrogen) atoms. The summed E-state index contributed by atoms with van der Waals surface area (Å²) in [6, 6.07) is 9.18. The molecule has 1 aliphatic rings. The third kappa shape index (κ3) is 3.83. The molecule has 0 unspecified atom stereocenters. The maximum Gasteiger partial charge on any atom is 0.0281 e. The molecule has 2 rings (SSSR count). The predicted molar refractivity (Wildman–Crippen MR) is 87.1 cm³/mol. The SMILES string of the molecule is CC(C)(C)c1ccc(CN2CCCNCC2(C)C)cc1. The van der Waals surface area contributed by atoms with Crippen LogP contribution in [0.15, 0.2) is 24.3 Å². The zero-order valence-corrected chi connectivity index (χ0v) is 13.8. The van der Waals surface area contributed by atoms with Gasteiger partial charge in [0.1, 0.15) is 0 Å². The molecule has 112 valence electrons. The second-order valence-electron chi connectivity index (χ2n) is 7.71. The number of benzene rings is 1. The quantitative estimate of drug-likeness (QED) is 0.887. The van der Waals surface area contributed by atoms with Crippen molar-refractivity contribution in [2.75, 3.05) is 19.6 Å². The summed E-state index contributed by atoms with van der Waals surface area (Å²) < 4.78 is 0. The van der Waals surface area contributed by atoms with Gasteiger partial charge in [0.05, 0.1) is 0 Å². The molecular formula is C18H30N2. The molecule has 2 heteroatoms. The van der Waals surface area contributed by atoms with E-state index in [1.54, 1.807) is 0 Å². The smallest absolute Gasteiger partial charge is 0.0281 e. The van der Waals surface area contributed by atoms with Gasteiger partial charge < -0.3 is 5.32 Å². The molecular weight excluding hydrogens is 244 g/mol. The van der Waals surface area contributed by atoms with Gasteiger partial charge in [-0.1, -0.05) is 45.0 Å². The van der Waals surface area contributed by atoms with Crippen LogP contribution < -0.4 is 5.32 Å². The fraction of sp³-hybridized carbons (Fsp3) is 0.667. The summed E-state index contributed by atoms with van der Waals surface area (Å²) >= 11 is 0. The third-order valence-corrected chi connectivity index (χ3v) is 4.39. The van der Waals surface area contributed by atoms with Crippen molar-refractivity contribution >= 4 is 0 Å². The highest BCUT2D eigenvalue weighted by Gasteiger charge is 2.28. The van der Waals surface area contributed by atoms with E-state index < -0.39 is 0 Å². The molecule has 1 N–H and O–H groups in total. The van der Waals surface area contributed by atoms with E-state index in [1.165, 1.54) is 24.1 Å². The molecule has 1 saturated heterocycles. The van der Waals surface area contributed by atoms with Crippen molar-refractivity contribution in [3.8, 4) is 0 Å². The lowest BCUT2D eigenvalue weighted by Crippen LogP contribution is -2.47. The minimum Gasteiger partial charge on any atom is -0.315 e. The van der Waals surface area contributed by atoms with Crippen molar-refractivity contribution in [1.82, 2.24) is 10.2 Å². The Balaban J connectivity index is 2.09. The average Bonchev–Trinajstić information content (AvgIpc) is 2.51. The van der Waals surface area contributed by atoms with E-state index in [-0.39, 0.29) is 11.0 Å². The van der Waals surface area contributed by atoms with Crippen LogP contribution >= 0.6 is 0 Å². The lowest BCUT2D eigenvalue weighted by atomic mass is 9.86. The Morgan fingerprint density at radius 1 is 1.15 bits per heavy atom. The van der Waals surface area contributed by atoms with Crippen LogP contribution in [0.5, 0.6) is 0 Å². The van der Waals surface area contributed by atoms with Crippen molar-refractivity contribution in [3.05, 3.63) is 35.4 Å². The Hall–Kier alpha value is -0.860. The maximum absolute atomic E-state index is 3.54. The molecule has 1 fully saturated rings. The molecule has 1 aromatic rings. The summed E-state index contributed by atoms with van der Waals surface area (Å²) in [6.07, 6.45) is 1.24. The summed E-state index contributed by atoms with van der Waals surface area (Å²) in [4.78, 5) is 2.61. The van der Waals surface area contributed by atoms with Crippen LogP contribution in [0, 0.1) is 0 Å². The van der Waals surface area contributed by atoms with Gasteiger partial charge in [-0.3, -0.25) is 4.90 Å². The van der Waals surface area contributed by atoms with Gasteiger partial charge in [-0.2, -0.15) is 0 Å². The van der Waals surface area contributed by atoms with E-state index in [0.29, 0.717) is 0 Å². The number of hydrogen-bond acceptors (Lipinski definition) is 2. The van der Waals surface area contributed by atoms with Crippen molar-refractivity contribution in [1.29, 1.82) is 0 Å². The van der Waals surface area contributed by atoms with Crippen LogP contribution in [-0.2, 0) is 12.0 Å². The highest BCUT2D eigenvalue weighted by atomic mass is 15.2. The molecule has 1 aliphatic heterocycles. The summed E-state index contributed by atoms with van der Waals surface area (Å²) in [5.74, 6) is 0. The van der Waals surface area contributed by atoms with Crippen LogP contribution in [0.1, 0.15) is 52.2 Å². The molecule has 0 amide bonds. The number of nitrogens with zero attached hydrogens (tertiary/aromatic N) is 1. The van der Waals surface area contributed by atoms with Gasteiger partial charge in [-0.25, -0.2) is 0 Å². The highest BCUT2D eigenvalue weighted by Crippen LogP contribution is 2.24. The van der Waals surface area contributed by atoms with Crippen LogP contribution in [0.3, 0.4) is 0 Å². The summed E-state index contributed by atoms with van der Waals surface area (Å²) in [5.41, 5.74) is 3.31. The second kappa shape index (κ2) is 5.87. The first-order valence-corrected chi connectivity index (χ1v) is 7.84. The Kier molecular flexibility index (Phi) is 4.55. The number of nitrogens with one attached hydrogen (secondary N) is 1. The molecule has 0 aromatic heterocycles. The Morgan fingerprint density at radius 2 is 1.80 bits per heavy atom. The molecule has 1 heterocycles.